The molecular formula is C9H12F3N3O. The first-order valence-corrected chi connectivity index (χ1v) is 4.78. The van der Waals surface area contributed by atoms with Crippen LogP contribution < -0.4 is 5.32 Å². The van der Waals surface area contributed by atoms with Crippen molar-refractivity contribution in [3.05, 3.63) is 18.2 Å². The van der Waals surface area contributed by atoms with Gasteiger partial charge in [0.1, 0.15) is 0 Å². The zero-order valence-corrected chi connectivity index (χ0v) is 8.47. The molecule has 1 aromatic rings. The van der Waals surface area contributed by atoms with Gasteiger partial charge in [-0.25, -0.2) is 4.98 Å². The Bertz CT molecular complexity index is 321. The third kappa shape index (κ3) is 5.38. The first kappa shape index (κ1) is 12.5. The quantitative estimate of drug-likeness (QED) is 0.810. The third-order valence-corrected chi connectivity index (χ3v) is 1.91. The second-order valence-corrected chi connectivity index (χ2v) is 3.29. The first-order chi connectivity index (χ1) is 7.47. The fraction of sp³-hybridized carbons (Fsp3) is 0.556. The molecule has 0 unspecified atom stereocenters. The lowest BCUT2D eigenvalue weighted by molar-refractivity contribution is -0.144. The minimum atomic E-state index is -4.28. The van der Waals surface area contributed by atoms with Gasteiger partial charge in [0.25, 0.3) is 0 Å². The molecule has 4 nitrogen and oxygen atoms in total. The number of carbonyl (C=O) groups excluding carboxylic acids is 1. The molecule has 1 amide bonds. The minimum absolute atomic E-state index is 0.304. The lowest BCUT2D eigenvalue weighted by atomic mass is 10.2. The van der Waals surface area contributed by atoms with E-state index in [9.17, 15) is 18.0 Å². The minimum Gasteiger partial charge on any atom is -0.356 e. The number of aromatic amines is 1. The van der Waals surface area contributed by atoms with E-state index in [0.29, 0.717) is 13.0 Å². The largest absolute Gasteiger partial charge is 0.389 e. The van der Waals surface area contributed by atoms with Crippen molar-refractivity contribution in [2.24, 2.45) is 0 Å². The van der Waals surface area contributed by atoms with Gasteiger partial charge in [0.15, 0.2) is 0 Å². The van der Waals surface area contributed by atoms with Gasteiger partial charge in [-0.15, -0.1) is 0 Å². The van der Waals surface area contributed by atoms with Crippen molar-refractivity contribution >= 4 is 5.91 Å². The van der Waals surface area contributed by atoms with Gasteiger partial charge in [-0.3, -0.25) is 4.79 Å². The summed E-state index contributed by atoms with van der Waals surface area (Å²) in [6.07, 6.45) is -2.25. The van der Waals surface area contributed by atoms with Crippen LogP contribution in [0.5, 0.6) is 0 Å². The summed E-state index contributed by atoms with van der Waals surface area (Å²) < 4.78 is 35.3. The summed E-state index contributed by atoms with van der Waals surface area (Å²) in [5, 5.41) is 2.41. The zero-order chi connectivity index (χ0) is 12.0. The van der Waals surface area contributed by atoms with Crippen LogP contribution in [-0.2, 0) is 11.2 Å². The fourth-order valence-electron chi connectivity index (χ4n) is 1.10. The van der Waals surface area contributed by atoms with E-state index in [2.05, 4.69) is 15.3 Å². The highest BCUT2D eigenvalue weighted by atomic mass is 19.4. The van der Waals surface area contributed by atoms with Crippen molar-refractivity contribution in [2.75, 3.05) is 6.54 Å². The summed E-state index contributed by atoms with van der Waals surface area (Å²) in [6, 6.07) is 0. The van der Waals surface area contributed by atoms with Gasteiger partial charge in [0.2, 0.25) is 5.91 Å². The average Bonchev–Trinajstić information content (AvgIpc) is 2.66. The monoisotopic (exact) mass is 235 g/mol. The van der Waals surface area contributed by atoms with Crippen LogP contribution in [0.3, 0.4) is 0 Å². The van der Waals surface area contributed by atoms with E-state index in [1.807, 2.05) is 0 Å². The molecule has 0 saturated carbocycles. The van der Waals surface area contributed by atoms with E-state index < -0.39 is 24.9 Å². The van der Waals surface area contributed by atoms with Gasteiger partial charge in [0.05, 0.1) is 12.7 Å². The van der Waals surface area contributed by atoms with Crippen LogP contribution in [0, 0.1) is 0 Å². The Balaban J connectivity index is 2.11. The van der Waals surface area contributed by atoms with Crippen LogP contribution in [0.15, 0.2) is 12.5 Å². The molecule has 0 spiro atoms. The van der Waals surface area contributed by atoms with Crippen molar-refractivity contribution in [1.29, 1.82) is 0 Å². The van der Waals surface area contributed by atoms with Crippen molar-refractivity contribution in [3.8, 4) is 0 Å². The number of amides is 1. The molecule has 0 aliphatic heterocycles. The van der Waals surface area contributed by atoms with Crippen molar-refractivity contribution < 1.29 is 18.0 Å². The van der Waals surface area contributed by atoms with E-state index >= 15 is 0 Å². The maximum atomic E-state index is 11.8. The predicted octanol–water partition coefficient (Wildman–Crippen LogP) is 1.41. The molecule has 1 heterocycles. The number of H-pyrrole nitrogens is 1. The number of hydrogen-bond acceptors (Lipinski definition) is 2. The highest BCUT2D eigenvalue weighted by molar-refractivity contribution is 5.75. The van der Waals surface area contributed by atoms with Crippen LogP contribution in [0.2, 0.25) is 0 Å². The molecule has 7 heteroatoms. The topological polar surface area (TPSA) is 57.8 Å². The van der Waals surface area contributed by atoms with Crippen LogP contribution in [0.1, 0.15) is 18.5 Å². The number of aromatic nitrogens is 2. The number of hydrogen-bond donors (Lipinski definition) is 2. The van der Waals surface area contributed by atoms with Gasteiger partial charge in [-0.2, -0.15) is 13.2 Å². The van der Waals surface area contributed by atoms with Gasteiger partial charge < -0.3 is 10.3 Å². The number of alkyl halides is 3. The van der Waals surface area contributed by atoms with Crippen LogP contribution in [-0.4, -0.2) is 28.6 Å². The molecule has 0 radical (unpaired) electrons. The van der Waals surface area contributed by atoms with Gasteiger partial charge >= 0.3 is 6.18 Å². The van der Waals surface area contributed by atoms with E-state index in [-0.39, 0.29) is 0 Å². The maximum absolute atomic E-state index is 11.8. The summed E-state index contributed by atoms with van der Waals surface area (Å²) in [7, 11) is 0. The van der Waals surface area contributed by atoms with Crippen LogP contribution >= 0.6 is 0 Å². The molecule has 1 rings (SSSR count). The van der Waals surface area contributed by atoms with Crippen molar-refractivity contribution in [2.45, 2.75) is 25.4 Å². The third-order valence-electron chi connectivity index (χ3n) is 1.91. The normalized spacial score (nSPS) is 11.4. The van der Waals surface area contributed by atoms with Crippen molar-refractivity contribution in [1.82, 2.24) is 15.3 Å². The molecule has 0 saturated heterocycles. The van der Waals surface area contributed by atoms with Crippen molar-refractivity contribution in [3.63, 3.8) is 0 Å². The average molecular weight is 235 g/mol. The molecular weight excluding hydrogens is 223 g/mol. The van der Waals surface area contributed by atoms with E-state index in [1.165, 1.54) is 6.33 Å². The lowest BCUT2D eigenvalue weighted by Crippen LogP contribution is -2.27. The molecule has 16 heavy (non-hydrogen) atoms. The van der Waals surface area contributed by atoms with Gasteiger partial charge in [-0.05, 0) is 0 Å². The molecule has 1 aromatic heterocycles. The number of halogens is 3. The molecule has 2 N–H and O–H groups in total. The standard InChI is InChI=1S/C9H12F3N3O/c10-9(11,12)3-1-8(16)14-4-2-7-5-13-6-15-7/h5-6H,1-4H2,(H,13,15)(H,14,16). The Kier molecular flexibility index (Phi) is 4.33. The van der Waals surface area contributed by atoms with E-state index in [4.69, 9.17) is 0 Å². The number of imidazole rings is 1. The molecule has 0 bridgehead atoms. The molecule has 0 aliphatic carbocycles. The highest BCUT2D eigenvalue weighted by Gasteiger charge is 2.27. The smallest absolute Gasteiger partial charge is 0.356 e. The lowest BCUT2D eigenvalue weighted by Gasteiger charge is -2.06. The van der Waals surface area contributed by atoms with Gasteiger partial charge in [-0.1, -0.05) is 0 Å². The number of nitrogens with one attached hydrogen (secondary N) is 2. The number of carbonyl (C=O) groups is 1. The van der Waals surface area contributed by atoms with E-state index in [0.717, 1.165) is 5.69 Å². The predicted molar refractivity (Wildman–Crippen MR) is 50.6 cm³/mol. The van der Waals surface area contributed by atoms with Gasteiger partial charge in [0, 0.05) is 31.3 Å². The highest BCUT2D eigenvalue weighted by Crippen LogP contribution is 2.20. The summed E-state index contributed by atoms with van der Waals surface area (Å²) in [5.41, 5.74) is 0.830. The maximum Gasteiger partial charge on any atom is 0.389 e. The molecule has 0 atom stereocenters. The zero-order valence-electron chi connectivity index (χ0n) is 8.47. The molecule has 0 aromatic carbocycles. The summed E-state index contributed by atoms with van der Waals surface area (Å²) in [4.78, 5) is 17.6. The SMILES string of the molecule is O=C(CCC(F)(F)F)NCCc1cnc[nH]1. The Labute approximate surface area is 90.3 Å². The Morgan fingerprint density at radius 1 is 1.50 bits per heavy atom. The van der Waals surface area contributed by atoms with E-state index in [1.54, 1.807) is 6.20 Å². The second kappa shape index (κ2) is 5.53. The first-order valence-electron chi connectivity index (χ1n) is 4.78. The summed E-state index contributed by atoms with van der Waals surface area (Å²) in [5.74, 6) is -0.586. The Hall–Kier alpha value is -1.53. The Morgan fingerprint density at radius 3 is 2.81 bits per heavy atom. The molecule has 0 aliphatic rings. The number of rotatable bonds is 5. The number of nitrogens with zero attached hydrogens (tertiary/aromatic N) is 1. The van der Waals surface area contributed by atoms with Crippen LogP contribution in [0.25, 0.3) is 0 Å². The second-order valence-electron chi connectivity index (χ2n) is 3.29. The van der Waals surface area contributed by atoms with Crippen LogP contribution in [0.4, 0.5) is 13.2 Å². The Morgan fingerprint density at radius 2 is 2.25 bits per heavy atom. The summed E-state index contributed by atoms with van der Waals surface area (Å²) >= 11 is 0. The summed E-state index contributed by atoms with van der Waals surface area (Å²) in [6.45, 7) is 0.304. The molecule has 90 valence electrons. The molecule has 0 fully saturated rings. The fourth-order valence-corrected chi connectivity index (χ4v) is 1.10.